The Kier molecular flexibility index (Phi) is 9.29. The van der Waals surface area contributed by atoms with Crippen molar-refractivity contribution in [3.8, 4) is 0 Å². The van der Waals surface area contributed by atoms with Crippen molar-refractivity contribution in [3.05, 3.63) is 36.1 Å². The summed E-state index contributed by atoms with van der Waals surface area (Å²) in [6, 6.07) is 9.10. The molecular formula is C9H13N4NaS2. The molecule has 0 radical (unpaired) electrons. The van der Waals surface area contributed by atoms with Crippen molar-refractivity contribution in [2.24, 2.45) is 4.99 Å². The van der Waals surface area contributed by atoms with Crippen LogP contribution in [0.5, 0.6) is 0 Å². The summed E-state index contributed by atoms with van der Waals surface area (Å²) in [7, 11) is 0. The molecule has 2 rings (SSSR count). The first-order chi connectivity index (χ1) is 7.18. The monoisotopic (exact) mass is 264 g/mol. The van der Waals surface area contributed by atoms with Gasteiger partial charge in [0.1, 0.15) is 6.67 Å². The van der Waals surface area contributed by atoms with Crippen LogP contribution in [0.4, 0.5) is 5.69 Å². The number of hydrogen-bond acceptors (Lipinski definition) is 5. The third-order valence-electron chi connectivity index (χ3n) is 1.54. The van der Waals surface area contributed by atoms with Gasteiger partial charge in [-0.3, -0.25) is 9.30 Å². The van der Waals surface area contributed by atoms with Gasteiger partial charge in [-0.1, -0.05) is 56.0 Å². The first-order valence-electron chi connectivity index (χ1n) is 4.34. The van der Waals surface area contributed by atoms with Crippen molar-refractivity contribution in [1.29, 1.82) is 0 Å². The Bertz CT molecular complexity index is 310. The standard InChI is InChI=1S/C6H6N.C3H7N3S2.Na/c7-6-4-2-1-3-5-6;7-5-1-4-2-6(8)3-5;/h1-5,7H;1,7-8H,2-3H2;/q-1;;+1. The molecule has 0 fully saturated rings. The van der Waals surface area contributed by atoms with Crippen LogP contribution in [-0.4, -0.2) is 28.3 Å². The van der Waals surface area contributed by atoms with E-state index < -0.39 is 0 Å². The zero-order valence-electron chi connectivity index (χ0n) is 9.11. The smallest absolute Gasteiger partial charge is 0.699 e. The molecular weight excluding hydrogens is 251 g/mol. The van der Waals surface area contributed by atoms with E-state index in [0.717, 1.165) is 6.67 Å². The minimum atomic E-state index is 0. The van der Waals surface area contributed by atoms with Gasteiger partial charge in [-0.25, -0.2) is 4.31 Å². The van der Waals surface area contributed by atoms with E-state index in [4.69, 9.17) is 5.73 Å². The molecule has 0 aliphatic carbocycles. The fourth-order valence-corrected chi connectivity index (χ4v) is 1.45. The van der Waals surface area contributed by atoms with Gasteiger partial charge in [0.25, 0.3) is 0 Å². The first-order valence-corrected chi connectivity index (χ1v) is 5.14. The van der Waals surface area contributed by atoms with E-state index in [2.05, 4.69) is 30.6 Å². The number of hydrogen-bond donors (Lipinski definition) is 2. The van der Waals surface area contributed by atoms with Crippen molar-refractivity contribution in [2.75, 3.05) is 13.3 Å². The molecule has 4 nitrogen and oxygen atoms in total. The minimum absolute atomic E-state index is 0. The average molecular weight is 264 g/mol. The first kappa shape index (κ1) is 16.1. The summed E-state index contributed by atoms with van der Waals surface area (Å²) in [5.41, 5.74) is 7.57. The quantitative estimate of drug-likeness (QED) is 0.495. The maximum atomic E-state index is 7.00. The number of thiol groups is 2. The number of aliphatic imine (C=N–C) groups is 1. The van der Waals surface area contributed by atoms with E-state index >= 15 is 0 Å². The van der Waals surface area contributed by atoms with Crippen LogP contribution in [0, 0.1) is 0 Å². The maximum absolute atomic E-state index is 7.00. The molecule has 1 aliphatic rings. The molecule has 0 saturated heterocycles. The van der Waals surface area contributed by atoms with Crippen LogP contribution in [0.25, 0.3) is 5.73 Å². The molecule has 0 saturated carbocycles. The second-order valence-corrected chi connectivity index (χ2v) is 3.97. The van der Waals surface area contributed by atoms with Crippen molar-refractivity contribution < 1.29 is 29.6 Å². The van der Waals surface area contributed by atoms with Crippen LogP contribution in [0.2, 0.25) is 0 Å². The Morgan fingerprint density at radius 1 is 1.19 bits per heavy atom. The topological polar surface area (TPSA) is 42.6 Å². The SMILES string of the molecule is SN1C=NCN(S)C1.[NH-]c1ccccc1.[Na+]. The summed E-state index contributed by atoms with van der Waals surface area (Å²) in [4.78, 5) is 3.91. The van der Waals surface area contributed by atoms with Crippen molar-refractivity contribution in [1.82, 2.24) is 8.61 Å². The van der Waals surface area contributed by atoms with Gasteiger partial charge in [-0.05, 0) is 0 Å². The summed E-state index contributed by atoms with van der Waals surface area (Å²) < 4.78 is 3.42. The predicted molar refractivity (Wildman–Crippen MR) is 70.3 cm³/mol. The van der Waals surface area contributed by atoms with Gasteiger partial charge in [0.2, 0.25) is 0 Å². The molecule has 0 spiro atoms. The molecule has 0 atom stereocenters. The van der Waals surface area contributed by atoms with Gasteiger partial charge in [0, 0.05) is 0 Å². The Morgan fingerprint density at radius 3 is 2.12 bits per heavy atom. The van der Waals surface area contributed by atoms with E-state index in [-0.39, 0.29) is 29.6 Å². The van der Waals surface area contributed by atoms with Crippen LogP contribution in [0.15, 0.2) is 35.3 Å². The summed E-state index contributed by atoms with van der Waals surface area (Å²) in [6.07, 6.45) is 1.68. The zero-order valence-corrected chi connectivity index (χ0v) is 12.9. The van der Waals surface area contributed by atoms with E-state index in [9.17, 15) is 0 Å². The number of rotatable bonds is 0. The van der Waals surface area contributed by atoms with Gasteiger partial charge in [0.15, 0.2) is 0 Å². The molecule has 0 bridgehead atoms. The van der Waals surface area contributed by atoms with Gasteiger partial charge in [-0.2, -0.15) is 0 Å². The minimum Gasteiger partial charge on any atom is -0.699 e. The Labute approximate surface area is 129 Å². The van der Waals surface area contributed by atoms with Crippen molar-refractivity contribution in [3.63, 3.8) is 0 Å². The predicted octanol–water partition coefficient (Wildman–Crippen LogP) is -0.389. The Hall–Kier alpha value is 0.150. The van der Waals surface area contributed by atoms with Gasteiger partial charge in [0.05, 0.1) is 13.0 Å². The van der Waals surface area contributed by atoms with Crippen molar-refractivity contribution >= 4 is 37.7 Å². The summed E-state index contributed by atoms with van der Waals surface area (Å²) >= 11 is 8.06. The van der Waals surface area contributed by atoms with Crippen molar-refractivity contribution in [2.45, 2.75) is 0 Å². The zero-order chi connectivity index (χ0) is 11.1. The van der Waals surface area contributed by atoms with E-state index in [1.165, 1.54) is 0 Å². The molecule has 1 N–H and O–H groups in total. The molecule has 0 aromatic heterocycles. The van der Waals surface area contributed by atoms with Gasteiger partial charge < -0.3 is 5.73 Å². The second-order valence-electron chi connectivity index (χ2n) is 2.89. The summed E-state index contributed by atoms with van der Waals surface area (Å²) in [5, 5.41) is 0. The normalized spacial score (nSPS) is 14.8. The third-order valence-corrected chi connectivity index (χ3v) is 2.02. The summed E-state index contributed by atoms with van der Waals surface area (Å²) in [6.45, 7) is 1.37. The van der Waals surface area contributed by atoms with Crippen LogP contribution in [0.1, 0.15) is 0 Å². The number of nitrogens with zero attached hydrogens (tertiary/aromatic N) is 3. The maximum Gasteiger partial charge on any atom is 1.00 e. The van der Waals surface area contributed by atoms with Gasteiger partial charge >= 0.3 is 29.6 Å². The second kappa shape index (κ2) is 9.21. The largest absolute Gasteiger partial charge is 1.00 e. The number of benzene rings is 1. The number of nitrogens with one attached hydrogen (secondary N) is 1. The van der Waals surface area contributed by atoms with Crippen LogP contribution >= 0.6 is 25.6 Å². The van der Waals surface area contributed by atoms with Crippen LogP contribution in [-0.2, 0) is 0 Å². The van der Waals surface area contributed by atoms with Crippen LogP contribution < -0.4 is 29.6 Å². The molecule has 82 valence electrons. The fraction of sp³-hybridized carbons (Fsp3) is 0.222. The van der Waals surface area contributed by atoms with Crippen LogP contribution in [0.3, 0.4) is 0 Å². The molecule has 7 heteroatoms. The molecule has 0 amide bonds. The molecule has 1 aliphatic heterocycles. The third kappa shape index (κ3) is 7.43. The van der Waals surface area contributed by atoms with Gasteiger partial charge in [-0.15, -0.1) is 5.69 Å². The molecule has 1 aromatic rings. The van der Waals surface area contributed by atoms with E-state index in [1.807, 2.05) is 18.2 Å². The molecule has 16 heavy (non-hydrogen) atoms. The van der Waals surface area contributed by atoms with E-state index in [0.29, 0.717) is 12.4 Å². The average Bonchev–Trinajstić information content (AvgIpc) is 2.19. The molecule has 1 aromatic carbocycles. The Morgan fingerprint density at radius 2 is 1.81 bits per heavy atom. The molecule has 1 heterocycles. The molecule has 0 unspecified atom stereocenters. The van der Waals surface area contributed by atoms with E-state index in [1.54, 1.807) is 27.1 Å². The summed E-state index contributed by atoms with van der Waals surface area (Å²) in [5.74, 6) is 0. The Balaban J connectivity index is 0.000000267. The fourth-order valence-electron chi connectivity index (χ4n) is 0.912.